The van der Waals surface area contributed by atoms with Gasteiger partial charge in [0.15, 0.2) is 0 Å². The fraction of sp³-hybridized carbons (Fsp3) is 0.500. The van der Waals surface area contributed by atoms with Crippen LogP contribution in [0.4, 0.5) is 5.69 Å². The average molecular weight is 303 g/mol. The van der Waals surface area contributed by atoms with E-state index in [0.29, 0.717) is 18.2 Å². The first-order valence-corrected chi connectivity index (χ1v) is 6.31. The van der Waals surface area contributed by atoms with Crippen LogP contribution < -0.4 is 15.8 Å². The Labute approximate surface area is 126 Å². The minimum absolute atomic E-state index is 0. The van der Waals surface area contributed by atoms with E-state index < -0.39 is 6.04 Å². The summed E-state index contributed by atoms with van der Waals surface area (Å²) in [5, 5.41) is 2.73. The molecule has 0 heterocycles. The van der Waals surface area contributed by atoms with Crippen molar-refractivity contribution in [1.82, 2.24) is 0 Å². The largest absolute Gasteiger partial charge is 0.493 e. The molecule has 0 fully saturated rings. The zero-order valence-corrected chi connectivity index (χ0v) is 12.9. The highest BCUT2D eigenvalue weighted by Gasteiger charge is 2.13. The third-order valence-electron chi connectivity index (χ3n) is 2.37. The molecule has 0 saturated heterocycles. The molecule has 1 atom stereocenters. The smallest absolute Gasteiger partial charge is 0.243 e. The first-order chi connectivity index (χ1) is 9.02. The van der Waals surface area contributed by atoms with Crippen LogP contribution in [0.15, 0.2) is 24.3 Å². The van der Waals surface area contributed by atoms with Gasteiger partial charge in [-0.1, -0.05) is 19.9 Å². The van der Waals surface area contributed by atoms with Crippen LogP contribution in [0, 0.1) is 5.92 Å². The van der Waals surface area contributed by atoms with Gasteiger partial charge in [0.25, 0.3) is 0 Å². The predicted molar refractivity (Wildman–Crippen MR) is 82.5 cm³/mol. The highest BCUT2D eigenvalue weighted by molar-refractivity contribution is 5.94. The van der Waals surface area contributed by atoms with Gasteiger partial charge in [-0.25, -0.2) is 0 Å². The summed E-state index contributed by atoms with van der Waals surface area (Å²) in [6.45, 7) is 4.99. The molecule has 1 aromatic carbocycles. The van der Waals surface area contributed by atoms with E-state index in [4.69, 9.17) is 15.2 Å². The van der Waals surface area contributed by atoms with Gasteiger partial charge in [0.2, 0.25) is 5.91 Å². The lowest BCUT2D eigenvalue weighted by Crippen LogP contribution is -2.39. The quantitative estimate of drug-likeness (QED) is 0.808. The molecule has 0 aromatic heterocycles. The lowest BCUT2D eigenvalue weighted by Gasteiger charge is -2.13. The average Bonchev–Trinajstić information content (AvgIpc) is 2.37. The van der Waals surface area contributed by atoms with E-state index in [0.717, 1.165) is 5.75 Å². The van der Waals surface area contributed by atoms with Crippen molar-refractivity contribution in [2.75, 3.05) is 25.6 Å². The normalized spacial score (nSPS) is 11.7. The molecule has 0 saturated carbocycles. The second kappa shape index (κ2) is 9.58. The summed E-state index contributed by atoms with van der Waals surface area (Å²) in [6.07, 6.45) is 0. The zero-order valence-electron chi connectivity index (χ0n) is 12.1. The van der Waals surface area contributed by atoms with Crippen LogP contribution >= 0.6 is 12.4 Å². The van der Waals surface area contributed by atoms with Crippen LogP contribution in [0.1, 0.15) is 13.8 Å². The molecule has 0 radical (unpaired) electrons. The highest BCUT2D eigenvalue weighted by Crippen LogP contribution is 2.18. The molecule has 0 aliphatic carbocycles. The number of ether oxygens (including phenoxy) is 2. The summed E-state index contributed by atoms with van der Waals surface area (Å²) >= 11 is 0. The van der Waals surface area contributed by atoms with Crippen molar-refractivity contribution in [3.63, 3.8) is 0 Å². The maximum absolute atomic E-state index is 11.7. The van der Waals surface area contributed by atoms with Crippen molar-refractivity contribution < 1.29 is 14.3 Å². The second-order valence-corrected chi connectivity index (χ2v) is 4.78. The van der Waals surface area contributed by atoms with E-state index in [-0.39, 0.29) is 24.9 Å². The lowest BCUT2D eigenvalue weighted by molar-refractivity contribution is -0.118. The Morgan fingerprint density at radius 1 is 1.35 bits per heavy atom. The van der Waals surface area contributed by atoms with Crippen molar-refractivity contribution in [3.05, 3.63) is 24.3 Å². The molecule has 1 rings (SSSR count). The number of nitrogens with two attached hydrogens (primary N) is 1. The number of carbonyl (C=O) groups excluding carboxylic acids is 1. The SMILES string of the molecule is COCC(N)C(=O)Nc1cccc(OCC(C)C)c1.Cl. The summed E-state index contributed by atoms with van der Waals surface area (Å²) < 4.78 is 10.4. The third kappa shape index (κ3) is 6.75. The van der Waals surface area contributed by atoms with Gasteiger partial charge in [0, 0.05) is 18.9 Å². The zero-order chi connectivity index (χ0) is 14.3. The van der Waals surface area contributed by atoms with Crippen molar-refractivity contribution in [2.45, 2.75) is 19.9 Å². The molecule has 114 valence electrons. The maximum atomic E-state index is 11.7. The third-order valence-corrected chi connectivity index (χ3v) is 2.37. The minimum atomic E-state index is -0.676. The Hall–Kier alpha value is -1.30. The molecule has 20 heavy (non-hydrogen) atoms. The molecule has 5 nitrogen and oxygen atoms in total. The van der Waals surface area contributed by atoms with Gasteiger partial charge in [-0.3, -0.25) is 4.79 Å². The van der Waals surface area contributed by atoms with Crippen molar-refractivity contribution in [1.29, 1.82) is 0 Å². The monoisotopic (exact) mass is 302 g/mol. The molecular formula is C14H23ClN2O3. The van der Waals surface area contributed by atoms with E-state index in [2.05, 4.69) is 19.2 Å². The van der Waals surface area contributed by atoms with Crippen LogP contribution in [-0.4, -0.2) is 32.3 Å². The standard InChI is InChI=1S/C14H22N2O3.ClH/c1-10(2)8-19-12-6-4-5-11(7-12)16-14(17)13(15)9-18-3;/h4-7,10,13H,8-9,15H2,1-3H3,(H,16,17);1H. The molecule has 0 bridgehead atoms. The first kappa shape index (κ1) is 18.7. The number of anilines is 1. The highest BCUT2D eigenvalue weighted by atomic mass is 35.5. The van der Waals surface area contributed by atoms with Crippen molar-refractivity contribution in [3.8, 4) is 5.75 Å². The summed E-state index contributed by atoms with van der Waals surface area (Å²) in [6, 6.07) is 6.57. The van der Waals surface area contributed by atoms with Crippen LogP contribution in [-0.2, 0) is 9.53 Å². The molecular weight excluding hydrogens is 280 g/mol. The first-order valence-electron chi connectivity index (χ1n) is 6.31. The number of nitrogens with one attached hydrogen (secondary N) is 1. The molecule has 1 amide bonds. The number of methoxy groups -OCH3 is 1. The van der Waals surface area contributed by atoms with Gasteiger partial charge in [0.05, 0.1) is 13.2 Å². The second-order valence-electron chi connectivity index (χ2n) is 4.78. The molecule has 1 unspecified atom stereocenters. The lowest BCUT2D eigenvalue weighted by atomic mass is 10.2. The Morgan fingerprint density at radius 2 is 2.05 bits per heavy atom. The number of amides is 1. The van der Waals surface area contributed by atoms with Gasteiger partial charge >= 0.3 is 0 Å². The van der Waals surface area contributed by atoms with Crippen LogP contribution in [0.5, 0.6) is 5.75 Å². The summed E-state index contributed by atoms with van der Waals surface area (Å²) in [4.78, 5) is 11.7. The maximum Gasteiger partial charge on any atom is 0.243 e. The minimum Gasteiger partial charge on any atom is -0.493 e. The van der Waals surface area contributed by atoms with Gasteiger partial charge in [-0.2, -0.15) is 0 Å². The number of hydrogen-bond donors (Lipinski definition) is 2. The number of benzene rings is 1. The van der Waals surface area contributed by atoms with Crippen molar-refractivity contribution in [2.24, 2.45) is 11.7 Å². The molecule has 0 spiro atoms. The number of carbonyl (C=O) groups is 1. The van der Waals surface area contributed by atoms with E-state index in [1.165, 1.54) is 7.11 Å². The van der Waals surface area contributed by atoms with Crippen LogP contribution in [0.25, 0.3) is 0 Å². The van der Waals surface area contributed by atoms with E-state index in [1.807, 2.05) is 12.1 Å². The number of rotatable bonds is 7. The Balaban J connectivity index is 0.00000361. The Bertz CT molecular complexity index is 413. The summed E-state index contributed by atoms with van der Waals surface area (Å²) in [5.41, 5.74) is 6.31. The van der Waals surface area contributed by atoms with Gasteiger partial charge in [-0.15, -0.1) is 12.4 Å². The predicted octanol–water partition coefficient (Wildman–Crippen LogP) is 2.06. The molecule has 6 heteroatoms. The van der Waals surface area contributed by atoms with Crippen LogP contribution in [0.3, 0.4) is 0 Å². The van der Waals surface area contributed by atoms with E-state index in [1.54, 1.807) is 12.1 Å². The van der Waals surface area contributed by atoms with Crippen molar-refractivity contribution >= 4 is 24.0 Å². The fourth-order valence-electron chi connectivity index (χ4n) is 1.42. The van der Waals surface area contributed by atoms with Gasteiger partial charge < -0.3 is 20.5 Å². The van der Waals surface area contributed by atoms with Gasteiger partial charge in [0.1, 0.15) is 11.8 Å². The van der Waals surface area contributed by atoms with Gasteiger partial charge in [-0.05, 0) is 18.1 Å². The van der Waals surface area contributed by atoms with E-state index in [9.17, 15) is 4.79 Å². The Morgan fingerprint density at radius 3 is 2.65 bits per heavy atom. The summed E-state index contributed by atoms with van der Waals surface area (Å²) in [5.74, 6) is 0.906. The fourth-order valence-corrected chi connectivity index (χ4v) is 1.42. The van der Waals surface area contributed by atoms with E-state index >= 15 is 0 Å². The molecule has 0 aliphatic heterocycles. The number of hydrogen-bond acceptors (Lipinski definition) is 4. The number of halogens is 1. The topological polar surface area (TPSA) is 73.6 Å². The summed E-state index contributed by atoms with van der Waals surface area (Å²) in [7, 11) is 1.51. The molecule has 0 aliphatic rings. The Kier molecular flexibility index (Phi) is 8.96. The molecule has 3 N–H and O–H groups in total. The molecule has 1 aromatic rings. The van der Waals surface area contributed by atoms with Crippen LogP contribution in [0.2, 0.25) is 0 Å².